The second-order valence-electron chi connectivity index (χ2n) is 9.45. The lowest BCUT2D eigenvalue weighted by atomic mass is 9.92. The zero-order chi connectivity index (χ0) is 22.7. The molecule has 3 amide bonds. The fourth-order valence-electron chi connectivity index (χ4n) is 5.04. The number of rotatable bonds is 4. The number of para-hydroxylation sites is 2. The topological polar surface area (TPSA) is 73.4 Å². The van der Waals surface area contributed by atoms with Gasteiger partial charge in [0.05, 0.1) is 25.3 Å². The summed E-state index contributed by atoms with van der Waals surface area (Å²) in [7, 11) is 0. The Bertz CT molecular complexity index is 842. The second kappa shape index (κ2) is 9.90. The van der Waals surface area contributed by atoms with Crippen molar-refractivity contribution in [2.45, 2.75) is 26.7 Å². The number of anilines is 1. The van der Waals surface area contributed by atoms with Crippen molar-refractivity contribution in [3.63, 3.8) is 0 Å². The van der Waals surface area contributed by atoms with E-state index in [0.717, 1.165) is 13.1 Å². The number of hydrogen-bond donors (Lipinski definition) is 0. The lowest BCUT2D eigenvalue weighted by Gasteiger charge is -2.38. The predicted molar refractivity (Wildman–Crippen MR) is 121 cm³/mol. The summed E-state index contributed by atoms with van der Waals surface area (Å²) in [4.78, 5) is 45.8. The molecule has 8 heteroatoms. The van der Waals surface area contributed by atoms with Gasteiger partial charge in [-0.2, -0.15) is 0 Å². The van der Waals surface area contributed by atoms with Crippen molar-refractivity contribution < 1.29 is 19.1 Å². The Morgan fingerprint density at radius 3 is 2.31 bits per heavy atom. The number of carbonyl (C=O) groups is 3. The first-order valence-electron chi connectivity index (χ1n) is 11.7. The van der Waals surface area contributed by atoms with Gasteiger partial charge in [-0.3, -0.25) is 24.2 Å². The van der Waals surface area contributed by atoms with E-state index in [-0.39, 0.29) is 30.7 Å². The van der Waals surface area contributed by atoms with Gasteiger partial charge in [0.2, 0.25) is 17.7 Å². The van der Waals surface area contributed by atoms with Crippen LogP contribution in [0.3, 0.4) is 0 Å². The lowest BCUT2D eigenvalue weighted by Crippen LogP contribution is -2.54. The van der Waals surface area contributed by atoms with E-state index in [1.54, 1.807) is 9.80 Å². The third kappa shape index (κ3) is 5.23. The molecule has 3 heterocycles. The van der Waals surface area contributed by atoms with Gasteiger partial charge >= 0.3 is 0 Å². The third-order valence-corrected chi connectivity index (χ3v) is 6.63. The number of piperidine rings is 1. The normalized spacial score (nSPS) is 24.6. The molecule has 2 unspecified atom stereocenters. The molecular formula is C24H34N4O4. The average Bonchev–Trinajstić information content (AvgIpc) is 2.92. The van der Waals surface area contributed by atoms with Crippen LogP contribution < -0.4 is 9.64 Å². The summed E-state index contributed by atoms with van der Waals surface area (Å²) in [6, 6.07) is 7.35. The van der Waals surface area contributed by atoms with Gasteiger partial charge in [0, 0.05) is 39.3 Å². The Labute approximate surface area is 190 Å². The zero-order valence-corrected chi connectivity index (χ0v) is 19.2. The molecular weight excluding hydrogens is 408 g/mol. The van der Waals surface area contributed by atoms with Gasteiger partial charge in [-0.05, 0) is 30.4 Å². The minimum absolute atomic E-state index is 0.0156. The van der Waals surface area contributed by atoms with Crippen LogP contribution in [0.25, 0.3) is 0 Å². The van der Waals surface area contributed by atoms with Crippen LogP contribution >= 0.6 is 0 Å². The molecule has 0 saturated carbocycles. The van der Waals surface area contributed by atoms with Crippen molar-refractivity contribution in [2.75, 3.05) is 63.9 Å². The Balaban J connectivity index is 1.29. The maximum atomic E-state index is 13.0. The highest BCUT2D eigenvalue weighted by molar-refractivity contribution is 6.00. The molecule has 3 aliphatic rings. The molecule has 2 fully saturated rings. The van der Waals surface area contributed by atoms with E-state index in [4.69, 9.17) is 4.74 Å². The van der Waals surface area contributed by atoms with Crippen LogP contribution in [0.1, 0.15) is 26.7 Å². The van der Waals surface area contributed by atoms with Crippen molar-refractivity contribution >= 4 is 23.4 Å². The van der Waals surface area contributed by atoms with Gasteiger partial charge in [-0.15, -0.1) is 0 Å². The summed E-state index contributed by atoms with van der Waals surface area (Å²) in [5, 5.41) is 0. The molecule has 1 aromatic carbocycles. The van der Waals surface area contributed by atoms with Crippen LogP contribution in [0.15, 0.2) is 24.3 Å². The van der Waals surface area contributed by atoms with E-state index in [2.05, 4.69) is 18.7 Å². The number of ether oxygens (including phenoxy) is 1. The predicted octanol–water partition coefficient (Wildman–Crippen LogP) is 1.45. The fourth-order valence-corrected chi connectivity index (χ4v) is 5.04. The molecule has 0 N–H and O–H groups in total. The van der Waals surface area contributed by atoms with Gasteiger partial charge in [-0.1, -0.05) is 26.0 Å². The molecule has 2 atom stereocenters. The molecule has 0 aliphatic carbocycles. The van der Waals surface area contributed by atoms with Gasteiger partial charge in [0.25, 0.3) is 0 Å². The van der Waals surface area contributed by atoms with Gasteiger partial charge in [0.15, 0.2) is 0 Å². The average molecular weight is 443 g/mol. The molecule has 8 nitrogen and oxygen atoms in total. The van der Waals surface area contributed by atoms with Crippen LogP contribution in [0, 0.1) is 11.8 Å². The molecule has 1 aromatic rings. The molecule has 0 aromatic heterocycles. The van der Waals surface area contributed by atoms with Gasteiger partial charge < -0.3 is 14.5 Å². The molecule has 4 rings (SSSR count). The molecule has 174 valence electrons. The molecule has 0 radical (unpaired) electrons. The first kappa shape index (κ1) is 22.6. The summed E-state index contributed by atoms with van der Waals surface area (Å²) in [6.45, 7) is 9.33. The van der Waals surface area contributed by atoms with Crippen LogP contribution in [0.2, 0.25) is 0 Å². The fraction of sp³-hybridized carbons (Fsp3) is 0.625. The smallest absolute Gasteiger partial charge is 0.242 e. The van der Waals surface area contributed by atoms with E-state index in [1.165, 1.54) is 6.42 Å². The maximum absolute atomic E-state index is 13.0. The summed E-state index contributed by atoms with van der Waals surface area (Å²) in [5.74, 6) is 1.76. The number of benzene rings is 1. The molecule has 2 saturated heterocycles. The van der Waals surface area contributed by atoms with E-state index in [9.17, 15) is 14.4 Å². The number of fused-ring (bicyclic) bond motifs is 1. The Hall–Kier alpha value is -2.61. The second-order valence-corrected chi connectivity index (χ2v) is 9.45. The first-order chi connectivity index (χ1) is 15.4. The zero-order valence-electron chi connectivity index (χ0n) is 19.2. The van der Waals surface area contributed by atoms with E-state index >= 15 is 0 Å². The van der Waals surface area contributed by atoms with Crippen molar-refractivity contribution in [3.05, 3.63) is 24.3 Å². The van der Waals surface area contributed by atoms with E-state index in [0.29, 0.717) is 62.6 Å². The van der Waals surface area contributed by atoms with Crippen molar-refractivity contribution in [2.24, 2.45) is 11.8 Å². The van der Waals surface area contributed by atoms with Crippen molar-refractivity contribution in [1.82, 2.24) is 14.7 Å². The van der Waals surface area contributed by atoms with Crippen LogP contribution in [-0.2, 0) is 14.4 Å². The standard InChI is InChI=1S/C24H34N4O4/c1-18-13-19(2)15-27(14-18)23(30)16-25-8-10-26(11-9-25)24(31)17-28-20-5-3-4-6-21(20)32-12-7-22(28)29/h3-6,18-19H,7-17H2,1-2H3. The Morgan fingerprint density at radius 2 is 1.59 bits per heavy atom. The monoisotopic (exact) mass is 442 g/mol. The first-order valence-corrected chi connectivity index (χ1v) is 11.7. The number of likely N-dealkylation sites (tertiary alicyclic amines) is 1. The molecule has 0 bridgehead atoms. The number of piperazine rings is 1. The number of carbonyl (C=O) groups excluding carboxylic acids is 3. The minimum atomic E-state index is -0.0995. The third-order valence-electron chi connectivity index (χ3n) is 6.63. The largest absolute Gasteiger partial charge is 0.491 e. The van der Waals surface area contributed by atoms with E-state index < -0.39 is 0 Å². The number of nitrogens with zero attached hydrogens (tertiary/aromatic N) is 4. The summed E-state index contributed by atoms with van der Waals surface area (Å²) < 4.78 is 5.66. The number of hydrogen-bond acceptors (Lipinski definition) is 5. The van der Waals surface area contributed by atoms with Crippen LogP contribution in [0.5, 0.6) is 5.75 Å². The molecule has 0 spiro atoms. The quantitative estimate of drug-likeness (QED) is 0.706. The lowest BCUT2D eigenvalue weighted by molar-refractivity contribution is -0.137. The highest BCUT2D eigenvalue weighted by Gasteiger charge is 2.30. The summed E-state index contributed by atoms with van der Waals surface area (Å²) in [6.07, 6.45) is 1.44. The SMILES string of the molecule is CC1CC(C)CN(C(=O)CN2CCN(C(=O)CN3C(=O)CCOc4ccccc43)CC2)C1. The molecule has 3 aliphatic heterocycles. The van der Waals surface area contributed by atoms with Gasteiger partial charge in [-0.25, -0.2) is 0 Å². The molecule has 32 heavy (non-hydrogen) atoms. The highest BCUT2D eigenvalue weighted by Crippen LogP contribution is 2.31. The summed E-state index contributed by atoms with van der Waals surface area (Å²) in [5.41, 5.74) is 0.651. The Kier molecular flexibility index (Phi) is 6.98. The summed E-state index contributed by atoms with van der Waals surface area (Å²) >= 11 is 0. The van der Waals surface area contributed by atoms with Gasteiger partial charge in [0.1, 0.15) is 12.3 Å². The number of amides is 3. The minimum Gasteiger partial charge on any atom is -0.491 e. The van der Waals surface area contributed by atoms with Crippen molar-refractivity contribution in [3.8, 4) is 5.75 Å². The highest BCUT2D eigenvalue weighted by atomic mass is 16.5. The van der Waals surface area contributed by atoms with E-state index in [1.807, 2.05) is 29.2 Å². The maximum Gasteiger partial charge on any atom is 0.242 e. The van der Waals surface area contributed by atoms with Crippen LogP contribution in [-0.4, -0.2) is 91.4 Å². The van der Waals surface area contributed by atoms with Crippen molar-refractivity contribution in [1.29, 1.82) is 0 Å². The Morgan fingerprint density at radius 1 is 0.938 bits per heavy atom. The van der Waals surface area contributed by atoms with Crippen LogP contribution in [0.4, 0.5) is 5.69 Å².